The first-order chi connectivity index (χ1) is 11.7. The van der Waals surface area contributed by atoms with Crippen molar-refractivity contribution in [3.05, 3.63) is 52.6 Å². The van der Waals surface area contributed by atoms with E-state index >= 15 is 0 Å². The zero-order valence-electron chi connectivity index (χ0n) is 13.0. The highest BCUT2D eigenvalue weighted by atomic mass is 35.5. The second-order valence-electron chi connectivity index (χ2n) is 6.49. The van der Waals surface area contributed by atoms with Gasteiger partial charge in [-0.1, -0.05) is 11.6 Å². The molecule has 0 spiro atoms. The van der Waals surface area contributed by atoms with E-state index in [9.17, 15) is 4.79 Å². The normalized spacial score (nSPS) is 17.3. The molecular weight excluding hydrogens is 326 g/mol. The highest BCUT2D eigenvalue weighted by Crippen LogP contribution is 2.39. The molecule has 0 atom stereocenters. The molecule has 0 saturated heterocycles. The van der Waals surface area contributed by atoms with Crippen LogP contribution >= 0.6 is 11.6 Å². The first-order valence-corrected chi connectivity index (χ1v) is 8.56. The van der Waals surface area contributed by atoms with Crippen LogP contribution in [0, 0.1) is 0 Å². The first-order valence-electron chi connectivity index (χ1n) is 8.18. The number of halogens is 1. The Morgan fingerprint density at radius 2 is 2.17 bits per heavy atom. The predicted molar refractivity (Wildman–Crippen MR) is 89.1 cm³/mol. The van der Waals surface area contributed by atoms with Crippen LogP contribution in [0.25, 0.3) is 5.52 Å². The minimum Gasteiger partial charge on any atom is -0.331 e. The second-order valence-corrected chi connectivity index (χ2v) is 6.90. The maximum Gasteiger partial charge on any atom is 0.258 e. The van der Waals surface area contributed by atoms with E-state index in [1.54, 1.807) is 23.0 Å². The molecule has 0 aromatic carbocycles. The Kier molecular flexibility index (Phi) is 2.97. The van der Waals surface area contributed by atoms with Gasteiger partial charge in [-0.2, -0.15) is 10.2 Å². The van der Waals surface area contributed by atoms with Gasteiger partial charge in [0.1, 0.15) is 0 Å². The van der Waals surface area contributed by atoms with E-state index in [0.717, 1.165) is 12.2 Å². The maximum absolute atomic E-state index is 13.0. The van der Waals surface area contributed by atoms with Crippen LogP contribution in [0.15, 0.2) is 30.6 Å². The molecule has 4 heterocycles. The van der Waals surface area contributed by atoms with Crippen molar-refractivity contribution < 1.29 is 4.79 Å². The van der Waals surface area contributed by atoms with Crippen molar-refractivity contribution in [3.63, 3.8) is 0 Å². The summed E-state index contributed by atoms with van der Waals surface area (Å²) >= 11 is 6.27. The van der Waals surface area contributed by atoms with Crippen LogP contribution in [0.3, 0.4) is 0 Å². The fourth-order valence-corrected chi connectivity index (χ4v) is 3.63. The van der Waals surface area contributed by atoms with Crippen LogP contribution in [0.4, 0.5) is 0 Å². The molecule has 6 nitrogen and oxygen atoms in total. The fourth-order valence-electron chi connectivity index (χ4n) is 3.37. The third-order valence-corrected chi connectivity index (χ3v) is 5.13. The highest BCUT2D eigenvalue weighted by Gasteiger charge is 2.30. The van der Waals surface area contributed by atoms with Gasteiger partial charge in [-0.05, 0) is 31.0 Å². The molecule has 0 unspecified atom stereocenters. The summed E-state index contributed by atoms with van der Waals surface area (Å²) in [6.45, 7) is 1.97. The largest absolute Gasteiger partial charge is 0.331 e. The highest BCUT2D eigenvalue weighted by molar-refractivity contribution is 6.34. The Bertz CT molecular complexity index is 955. The molecule has 122 valence electrons. The van der Waals surface area contributed by atoms with Crippen LogP contribution in [-0.2, 0) is 13.1 Å². The monoisotopic (exact) mass is 341 g/mol. The van der Waals surface area contributed by atoms with E-state index in [1.165, 1.54) is 18.5 Å². The maximum atomic E-state index is 13.0. The lowest BCUT2D eigenvalue weighted by molar-refractivity contribution is 0.0708. The molecule has 0 N–H and O–H groups in total. The quantitative estimate of drug-likeness (QED) is 0.720. The van der Waals surface area contributed by atoms with Crippen molar-refractivity contribution in [1.29, 1.82) is 0 Å². The first kappa shape index (κ1) is 14.0. The third kappa shape index (κ3) is 2.13. The number of amides is 1. The summed E-state index contributed by atoms with van der Waals surface area (Å²) in [5.74, 6) is 0.601. The van der Waals surface area contributed by atoms with Gasteiger partial charge in [-0.15, -0.1) is 0 Å². The number of fused-ring (bicyclic) bond motifs is 2. The van der Waals surface area contributed by atoms with Crippen LogP contribution in [0.1, 0.15) is 40.5 Å². The van der Waals surface area contributed by atoms with Crippen molar-refractivity contribution in [3.8, 4) is 0 Å². The van der Waals surface area contributed by atoms with Gasteiger partial charge in [0.15, 0.2) is 0 Å². The van der Waals surface area contributed by atoms with Gasteiger partial charge in [-0.25, -0.2) is 4.52 Å². The van der Waals surface area contributed by atoms with Gasteiger partial charge in [0, 0.05) is 18.7 Å². The van der Waals surface area contributed by atoms with Crippen LogP contribution in [-0.4, -0.2) is 36.7 Å². The van der Waals surface area contributed by atoms with E-state index in [2.05, 4.69) is 16.3 Å². The van der Waals surface area contributed by atoms with Gasteiger partial charge in [0.05, 0.1) is 46.8 Å². The van der Waals surface area contributed by atoms with E-state index in [1.807, 2.05) is 15.6 Å². The summed E-state index contributed by atoms with van der Waals surface area (Å²) in [4.78, 5) is 14.8. The zero-order valence-corrected chi connectivity index (χ0v) is 13.8. The molecule has 1 saturated carbocycles. The van der Waals surface area contributed by atoms with E-state index < -0.39 is 0 Å². The molecule has 1 aliphatic carbocycles. The molecule has 3 aromatic heterocycles. The molecular formula is C17H16ClN5O. The standard InChI is InChI=1S/C17H16ClN5O/c18-14-2-1-5-23-16(14)13(9-19-23)17(24)21-6-7-22-12(10-21)8-15(20-22)11-3-4-11/h1-2,5,8-9,11H,3-4,6-7,10H2. The number of nitrogens with zero attached hydrogens (tertiary/aromatic N) is 5. The lowest BCUT2D eigenvalue weighted by Crippen LogP contribution is -2.38. The Balaban J connectivity index is 1.46. The lowest BCUT2D eigenvalue weighted by Gasteiger charge is -2.27. The van der Waals surface area contributed by atoms with Gasteiger partial charge in [0.2, 0.25) is 0 Å². The Labute approximate surface area is 143 Å². The molecule has 3 aromatic rings. The molecule has 5 rings (SSSR count). The Morgan fingerprint density at radius 3 is 3.00 bits per heavy atom. The van der Waals surface area contributed by atoms with Crippen LogP contribution in [0.2, 0.25) is 5.02 Å². The third-order valence-electron chi connectivity index (χ3n) is 4.82. The van der Waals surface area contributed by atoms with Crippen molar-refractivity contribution in [2.75, 3.05) is 6.54 Å². The molecule has 1 aliphatic heterocycles. The predicted octanol–water partition coefficient (Wildman–Crippen LogP) is 2.72. The van der Waals surface area contributed by atoms with E-state index in [4.69, 9.17) is 11.6 Å². The second kappa shape index (κ2) is 5.08. The summed E-state index contributed by atoms with van der Waals surface area (Å²) in [7, 11) is 0. The van der Waals surface area contributed by atoms with E-state index in [0.29, 0.717) is 35.1 Å². The summed E-state index contributed by atoms with van der Waals surface area (Å²) in [5, 5.41) is 9.46. The summed E-state index contributed by atoms with van der Waals surface area (Å²) < 4.78 is 3.69. The summed E-state index contributed by atoms with van der Waals surface area (Å²) in [6.07, 6.45) is 5.87. The molecule has 0 bridgehead atoms. The number of hydrogen-bond acceptors (Lipinski definition) is 3. The Hall–Kier alpha value is -2.34. The number of pyridine rings is 1. The summed E-state index contributed by atoms with van der Waals surface area (Å²) in [6, 6.07) is 5.75. The number of carbonyl (C=O) groups is 1. The number of rotatable bonds is 2. The number of carbonyl (C=O) groups excluding carboxylic acids is 1. The molecule has 2 aliphatic rings. The SMILES string of the molecule is O=C(c1cnn2cccc(Cl)c12)N1CCn2nc(C3CC3)cc2C1. The van der Waals surface area contributed by atoms with Crippen LogP contribution in [0.5, 0.6) is 0 Å². The van der Waals surface area contributed by atoms with E-state index in [-0.39, 0.29) is 5.91 Å². The summed E-state index contributed by atoms with van der Waals surface area (Å²) in [5.41, 5.74) is 3.51. The van der Waals surface area contributed by atoms with Crippen molar-refractivity contribution in [2.45, 2.75) is 31.8 Å². The van der Waals surface area contributed by atoms with Gasteiger partial charge >= 0.3 is 0 Å². The zero-order chi connectivity index (χ0) is 16.3. The molecule has 0 radical (unpaired) electrons. The Morgan fingerprint density at radius 1 is 1.29 bits per heavy atom. The minimum absolute atomic E-state index is 0.0291. The molecule has 1 fully saturated rings. The van der Waals surface area contributed by atoms with Crippen LogP contribution < -0.4 is 0 Å². The topological polar surface area (TPSA) is 55.4 Å². The number of aromatic nitrogens is 4. The minimum atomic E-state index is -0.0291. The van der Waals surface area contributed by atoms with Crippen molar-refractivity contribution in [2.24, 2.45) is 0 Å². The average molecular weight is 342 g/mol. The van der Waals surface area contributed by atoms with Gasteiger partial charge in [0.25, 0.3) is 5.91 Å². The van der Waals surface area contributed by atoms with Gasteiger partial charge < -0.3 is 4.90 Å². The smallest absolute Gasteiger partial charge is 0.258 e. The average Bonchev–Trinajstić information content (AvgIpc) is 3.20. The molecule has 7 heteroatoms. The fraction of sp³-hybridized carbons (Fsp3) is 0.353. The molecule has 1 amide bonds. The van der Waals surface area contributed by atoms with Gasteiger partial charge in [-0.3, -0.25) is 9.48 Å². The molecule has 24 heavy (non-hydrogen) atoms. The van der Waals surface area contributed by atoms with Crippen molar-refractivity contribution >= 4 is 23.0 Å². The van der Waals surface area contributed by atoms with Crippen molar-refractivity contribution in [1.82, 2.24) is 24.3 Å². The lowest BCUT2D eigenvalue weighted by atomic mass is 10.2. The number of hydrogen-bond donors (Lipinski definition) is 0.